The Balaban J connectivity index is 0. The minimum atomic E-state index is -4.28. The maximum Gasteiger partial charge on any atom is 1.00 e. The Morgan fingerprint density at radius 2 is 1.11 bits per heavy atom. The summed E-state index contributed by atoms with van der Waals surface area (Å²) in [6.45, 7) is 3.94. The summed E-state index contributed by atoms with van der Waals surface area (Å²) in [5.41, 5.74) is 0. The van der Waals surface area contributed by atoms with Crippen LogP contribution in [0.1, 0.15) is 123 Å². The fourth-order valence-corrected chi connectivity index (χ4v) is 4.35. The number of hydrogen-bond donors (Lipinski definition) is 1. The monoisotopic (exact) mass is 414 g/mol. The average Bonchev–Trinajstić information content (AvgIpc) is 2.59. The van der Waals surface area contributed by atoms with Crippen LogP contribution in [0, 0.1) is 0 Å². The predicted octanol–water partition coefficient (Wildman–Crippen LogP) is 2.94. The van der Waals surface area contributed by atoms with Gasteiger partial charge in [0.2, 0.25) is 0 Å². The molecule has 0 aromatic heterocycles. The van der Waals surface area contributed by atoms with Crippen molar-refractivity contribution in [2.45, 2.75) is 134 Å². The van der Waals surface area contributed by atoms with Gasteiger partial charge in [0.25, 0.3) is 0 Å². The van der Waals surface area contributed by atoms with E-state index < -0.39 is 21.5 Å². The maximum absolute atomic E-state index is 11.0. The van der Waals surface area contributed by atoms with Gasteiger partial charge in [-0.25, -0.2) is 8.42 Å². The molecule has 158 valence electrons. The summed E-state index contributed by atoms with van der Waals surface area (Å²) in [6, 6.07) is 0. The van der Waals surface area contributed by atoms with E-state index in [9.17, 15) is 18.1 Å². The van der Waals surface area contributed by atoms with E-state index in [4.69, 9.17) is 0 Å². The SMILES string of the molecule is CCCCCCCCCCCCCCCCC(O)CC(CC)S(=O)(=O)[O-].[Na+]. The van der Waals surface area contributed by atoms with Crippen molar-refractivity contribution in [3.05, 3.63) is 0 Å². The third-order valence-electron chi connectivity index (χ3n) is 5.29. The molecule has 2 atom stereocenters. The topological polar surface area (TPSA) is 77.4 Å². The van der Waals surface area contributed by atoms with E-state index in [-0.39, 0.29) is 42.4 Å². The van der Waals surface area contributed by atoms with Crippen molar-refractivity contribution in [3.8, 4) is 0 Å². The molecule has 0 saturated carbocycles. The van der Waals surface area contributed by atoms with Gasteiger partial charge in [0.15, 0.2) is 0 Å². The molecule has 0 bridgehead atoms. The standard InChI is InChI=1S/C21H44O4S.Na/c1-3-5-6-7-8-9-10-11-12-13-14-15-16-17-18-20(22)19-21(4-2)26(23,24)25;/h20-22H,3-19H2,1-2H3,(H,23,24,25);/q;+1/p-1. The van der Waals surface area contributed by atoms with Crippen LogP contribution >= 0.6 is 0 Å². The van der Waals surface area contributed by atoms with Crippen LogP contribution < -0.4 is 29.6 Å². The third-order valence-corrected chi connectivity index (χ3v) is 6.63. The number of rotatable bonds is 19. The summed E-state index contributed by atoms with van der Waals surface area (Å²) in [4.78, 5) is 0. The molecule has 2 unspecified atom stereocenters. The van der Waals surface area contributed by atoms with Crippen LogP contribution in [-0.2, 0) is 10.1 Å². The van der Waals surface area contributed by atoms with Crippen LogP contribution in [-0.4, -0.2) is 29.4 Å². The zero-order chi connectivity index (χ0) is 19.7. The van der Waals surface area contributed by atoms with E-state index in [0.717, 1.165) is 12.8 Å². The summed E-state index contributed by atoms with van der Waals surface area (Å²) >= 11 is 0. The largest absolute Gasteiger partial charge is 1.00 e. The van der Waals surface area contributed by atoms with Gasteiger partial charge in [0.1, 0.15) is 0 Å². The van der Waals surface area contributed by atoms with Crippen LogP contribution in [0.15, 0.2) is 0 Å². The van der Waals surface area contributed by atoms with Gasteiger partial charge < -0.3 is 9.66 Å². The Kier molecular flexibility index (Phi) is 22.4. The van der Waals surface area contributed by atoms with E-state index in [1.54, 1.807) is 6.92 Å². The van der Waals surface area contributed by atoms with Crippen molar-refractivity contribution < 1.29 is 47.6 Å². The van der Waals surface area contributed by atoms with Crippen molar-refractivity contribution in [1.82, 2.24) is 0 Å². The molecule has 0 aromatic rings. The molecule has 0 aliphatic rings. The summed E-state index contributed by atoms with van der Waals surface area (Å²) in [7, 11) is -4.28. The minimum absolute atomic E-state index is 0. The van der Waals surface area contributed by atoms with Gasteiger partial charge >= 0.3 is 29.6 Å². The zero-order valence-corrected chi connectivity index (χ0v) is 21.1. The number of hydrogen-bond acceptors (Lipinski definition) is 4. The first-order valence-electron chi connectivity index (χ1n) is 11.0. The Morgan fingerprint density at radius 3 is 1.44 bits per heavy atom. The number of aliphatic hydroxyl groups is 1. The first kappa shape index (κ1) is 30.1. The van der Waals surface area contributed by atoms with Crippen LogP contribution in [0.3, 0.4) is 0 Å². The van der Waals surface area contributed by atoms with Gasteiger partial charge in [-0.3, -0.25) is 0 Å². The molecule has 0 aliphatic carbocycles. The Labute approximate surface area is 191 Å². The van der Waals surface area contributed by atoms with Crippen LogP contribution in [0.4, 0.5) is 0 Å². The fourth-order valence-electron chi connectivity index (χ4n) is 3.48. The quantitative estimate of drug-likeness (QED) is 0.200. The molecular formula is C21H43NaO4S. The summed E-state index contributed by atoms with van der Waals surface area (Å²) in [6.07, 6.45) is 18.4. The van der Waals surface area contributed by atoms with Crippen molar-refractivity contribution in [1.29, 1.82) is 0 Å². The van der Waals surface area contributed by atoms with E-state index >= 15 is 0 Å². The Morgan fingerprint density at radius 1 is 0.741 bits per heavy atom. The first-order valence-corrected chi connectivity index (χ1v) is 12.5. The smallest absolute Gasteiger partial charge is 0.748 e. The Hall–Kier alpha value is 0.870. The number of aliphatic hydroxyl groups excluding tert-OH is 1. The van der Waals surface area contributed by atoms with Crippen LogP contribution in [0.2, 0.25) is 0 Å². The molecule has 0 rings (SSSR count). The van der Waals surface area contributed by atoms with Crippen LogP contribution in [0.5, 0.6) is 0 Å². The molecule has 0 aliphatic heterocycles. The third kappa shape index (κ3) is 19.9. The maximum atomic E-state index is 11.0. The molecule has 0 spiro atoms. The molecule has 27 heavy (non-hydrogen) atoms. The molecular weight excluding hydrogens is 371 g/mol. The van der Waals surface area contributed by atoms with Gasteiger partial charge in [-0.05, 0) is 19.3 Å². The van der Waals surface area contributed by atoms with Gasteiger partial charge in [-0.2, -0.15) is 0 Å². The number of unbranched alkanes of at least 4 members (excludes halogenated alkanes) is 13. The summed E-state index contributed by atoms with van der Waals surface area (Å²) in [5.74, 6) is 0. The van der Waals surface area contributed by atoms with Crippen LogP contribution in [0.25, 0.3) is 0 Å². The van der Waals surface area contributed by atoms with Crippen molar-refractivity contribution in [2.75, 3.05) is 0 Å². The molecule has 0 aromatic carbocycles. The second-order valence-electron chi connectivity index (χ2n) is 7.80. The van der Waals surface area contributed by atoms with Gasteiger partial charge in [0.05, 0.1) is 21.5 Å². The fraction of sp³-hybridized carbons (Fsp3) is 1.00. The molecule has 0 heterocycles. The van der Waals surface area contributed by atoms with Crippen molar-refractivity contribution in [3.63, 3.8) is 0 Å². The normalized spacial score (nSPS) is 13.9. The molecule has 0 radical (unpaired) electrons. The second-order valence-corrected chi connectivity index (χ2v) is 9.45. The van der Waals surface area contributed by atoms with Gasteiger partial charge in [-0.1, -0.05) is 104 Å². The predicted molar refractivity (Wildman–Crippen MR) is 109 cm³/mol. The van der Waals surface area contributed by atoms with E-state index in [1.165, 1.54) is 77.0 Å². The first-order chi connectivity index (χ1) is 12.4. The van der Waals surface area contributed by atoms with Crippen molar-refractivity contribution in [2.24, 2.45) is 0 Å². The zero-order valence-electron chi connectivity index (χ0n) is 18.3. The van der Waals surface area contributed by atoms with E-state index in [1.807, 2.05) is 0 Å². The molecule has 6 heteroatoms. The summed E-state index contributed by atoms with van der Waals surface area (Å²) < 4.78 is 33.1. The van der Waals surface area contributed by atoms with Crippen molar-refractivity contribution >= 4 is 10.1 Å². The molecule has 1 N–H and O–H groups in total. The minimum Gasteiger partial charge on any atom is -0.748 e. The van der Waals surface area contributed by atoms with Gasteiger partial charge in [0, 0.05) is 0 Å². The second kappa shape index (κ2) is 20.2. The molecule has 0 saturated heterocycles. The van der Waals surface area contributed by atoms with E-state index in [0.29, 0.717) is 6.42 Å². The average molecular weight is 415 g/mol. The molecule has 0 fully saturated rings. The summed E-state index contributed by atoms with van der Waals surface area (Å²) in [5, 5.41) is 8.96. The molecule has 0 amide bonds. The van der Waals surface area contributed by atoms with E-state index in [2.05, 4.69) is 6.92 Å². The Bertz CT molecular complexity index is 401. The molecule has 4 nitrogen and oxygen atoms in total. The van der Waals surface area contributed by atoms with Gasteiger partial charge in [-0.15, -0.1) is 0 Å².